The molecule has 1 aliphatic carbocycles. The Morgan fingerprint density at radius 1 is 0.952 bits per heavy atom. The van der Waals surface area contributed by atoms with Crippen molar-refractivity contribution in [3.8, 4) is 0 Å². The summed E-state index contributed by atoms with van der Waals surface area (Å²) in [6, 6.07) is 16.4. The van der Waals surface area contributed by atoms with E-state index in [4.69, 9.17) is 0 Å². The number of hydrogen-bond donors (Lipinski definition) is 1. The van der Waals surface area contributed by atoms with Crippen molar-refractivity contribution < 1.29 is 4.79 Å². The van der Waals surface area contributed by atoms with Crippen molar-refractivity contribution in [1.82, 2.24) is 10.3 Å². The van der Waals surface area contributed by atoms with Gasteiger partial charge in [0, 0.05) is 12.2 Å². The maximum atomic E-state index is 12.1. The van der Waals surface area contributed by atoms with Gasteiger partial charge in [-0.25, -0.2) is 0 Å². The smallest absolute Gasteiger partial charge is 0.270 e. The first kappa shape index (κ1) is 13.8. The number of nitrogens with zero attached hydrogens (tertiary/aromatic N) is 1. The molecule has 3 rings (SSSR count). The van der Waals surface area contributed by atoms with E-state index in [0.717, 1.165) is 25.7 Å². The van der Waals surface area contributed by atoms with Gasteiger partial charge >= 0.3 is 0 Å². The molecular weight excluding hydrogens is 260 g/mol. The van der Waals surface area contributed by atoms with Crippen molar-refractivity contribution in [3.05, 3.63) is 66.0 Å². The van der Waals surface area contributed by atoms with E-state index in [9.17, 15) is 4.79 Å². The molecule has 1 N–H and O–H groups in total. The summed E-state index contributed by atoms with van der Waals surface area (Å²) in [5, 5.41) is 3.11. The fourth-order valence-electron chi connectivity index (χ4n) is 3.05. The molecule has 1 aromatic heterocycles. The number of pyridine rings is 1. The molecule has 0 radical (unpaired) electrons. The van der Waals surface area contributed by atoms with Crippen LogP contribution in [-0.4, -0.2) is 16.9 Å². The molecule has 21 heavy (non-hydrogen) atoms. The van der Waals surface area contributed by atoms with Gasteiger partial charge in [-0.3, -0.25) is 9.78 Å². The molecule has 1 saturated carbocycles. The van der Waals surface area contributed by atoms with E-state index in [0.29, 0.717) is 11.6 Å². The lowest BCUT2D eigenvalue weighted by Crippen LogP contribution is -2.37. The zero-order chi connectivity index (χ0) is 14.5. The Bertz CT molecular complexity index is 575. The summed E-state index contributed by atoms with van der Waals surface area (Å²) in [4.78, 5) is 16.2. The largest absolute Gasteiger partial charge is 0.348 e. The zero-order valence-corrected chi connectivity index (χ0v) is 12.0. The Balaban J connectivity index is 1.53. The molecule has 2 aromatic rings. The molecule has 0 unspecified atom stereocenters. The summed E-state index contributed by atoms with van der Waals surface area (Å²) >= 11 is 0. The predicted octanol–water partition coefficient (Wildman–Crippen LogP) is 3.54. The normalized spacial score (nSPS) is 21.7. The first-order valence-electron chi connectivity index (χ1n) is 7.60. The lowest BCUT2D eigenvalue weighted by atomic mass is 9.82. The van der Waals surface area contributed by atoms with Crippen molar-refractivity contribution in [2.24, 2.45) is 0 Å². The van der Waals surface area contributed by atoms with E-state index in [1.807, 2.05) is 12.1 Å². The van der Waals surface area contributed by atoms with Gasteiger partial charge in [0.2, 0.25) is 0 Å². The summed E-state index contributed by atoms with van der Waals surface area (Å²) in [6.07, 6.45) is 6.01. The molecule has 0 spiro atoms. The van der Waals surface area contributed by atoms with Crippen LogP contribution in [-0.2, 0) is 0 Å². The van der Waals surface area contributed by atoms with Crippen LogP contribution in [0.25, 0.3) is 0 Å². The number of carbonyl (C=O) groups is 1. The Labute approximate surface area is 125 Å². The van der Waals surface area contributed by atoms with Crippen molar-refractivity contribution >= 4 is 5.91 Å². The molecule has 108 valence electrons. The molecule has 3 nitrogen and oxygen atoms in total. The van der Waals surface area contributed by atoms with Gasteiger partial charge in [0.1, 0.15) is 5.69 Å². The Morgan fingerprint density at radius 2 is 1.67 bits per heavy atom. The van der Waals surface area contributed by atoms with Gasteiger partial charge in [-0.1, -0.05) is 36.4 Å². The Hall–Kier alpha value is -2.16. The van der Waals surface area contributed by atoms with Gasteiger partial charge in [-0.05, 0) is 49.3 Å². The summed E-state index contributed by atoms with van der Waals surface area (Å²) in [5.74, 6) is 0.577. The first-order chi connectivity index (χ1) is 10.3. The second-order valence-electron chi connectivity index (χ2n) is 5.65. The fraction of sp³-hybridized carbons (Fsp3) is 0.333. The number of amides is 1. The van der Waals surface area contributed by atoms with Crippen molar-refractivity contribution in [3.63, 3.8) is 0 Å². The lowest BCUT2D eigenvalue weighted by Gasteiger charge is -2.29. The maximum Gasteiger partial charge on any atom is 0.270 e. The summed E-state index contributed by atoms with van der Waals surface area (Å²) in [5.41, 5.74) is 1.93. The fourth-order valence-corrected chi connectivity index (χ4v) is 3.05. The second-order valence-corrected chi connectivity index (χ2v) is 5.65. The van der Waals surface area contributed by atoms with Crippen LogP contribution in [0.4, 0.5) is 0 Å². The number of rotatable bonds is 3. The van der Waals surface area contributed by atoms with E-state index >= 15 is 0 Å². The van der Waals surface area contributed by atoms with Crippen LogP contribution >= 0.6 is 0 Å². The van der Waals surface area contributed by atoms with Gasteiger partial charge in [0.05, 0.1) is 0 Å². The van der Waals surface area contributed by atoms with Crippen LogP contribution in [0.3, 0.4) is 0 Å². The molecule has 1 aliphatic rings. The maximum absolute atomic E-state index is 12.1. The molecule has 1 heterocycles. The minimum absolute atomic E-state index is 0.0567. The van der Waals surface area contributed by atoms with E-state index in [1.165, 1.54) is 5.56 Å². The Morgan fingerprint density at radius 3 is 2.33 bits per heavy atom. The van der Waals surface area contributed by atoms with Crippen molar-refractivity contribution in [2.45, 2.75) is 37.6 Å². The SMILES string of the molecule is O=C(NC1CCC(c2ccccc2)CC1)c1ccccn1. The third kappa shape index (κ3) is 3.48. The van der Waals surface area contributed by atoms with Crippen LogP contribution in [0, 0.1) is 0 Å². The van der Waals surface area contributed by atoms with E-state index < -0.39 is 0 Å². The number of hydrogen-bond acceptors (Lipinski definition) is 2. The summed E-state index contributed by atoms with van der Waals surface area (Å²) < 4.78 is 0. The highest BCUT2D eigenvalue weighted by Crippen LogP contribution is 2.32. The molecule has 1 amide bonds. The summed E-state index contributed by atoms with van der Waals surface area (Å²) in [6.45, 7) is 0. The molecular formula is C18H20N2O. The van der Waals surface area contributed by atoms with E-state index in [2.05, 4.69) is 40.6 Å². The van der Waals surface area contributed by atoms with Crippen LogP contribution < -0.4 is 5.32 Å². The van der Waals surface area contributed by atoms with Crippen LogP contribution in [0.1, 0.15) is 47.7 Å². The highest BCUT2D eigenvalue weighted by Gasteiger charge is 2.23. The highest BCUT2D eigenvalue weighted by atomic mass is 16.1. The predicted molar refractivity (Wildman–Crippen MR) is 83.1 cm³/mol. The average Bonchev–Trinajstić information content (AvgIpc) is 2.57. The van der Waals surface area contributed by atoms with Gasteiger partial charge in [0.15, 0.2) is 0 Å². The van der Waals surface area contributed by atoms with E-state index in [-0.39, 0.29) is 11.9 Å². The lowest BCUT2D eigenvalue weighted by molar-refractivity contribution is 0.0920. The number of nitrogens with one attached hydrogen (secondary N) is 1. The molecule has 0 atom stereocenters. The van der Waals surface area contributed by atoms with Crippen molar-refractivity contribution in [2.75, 3.05) is 0 Å². The van der Waals surface area contributed by atoms with Crippen molar-refractivity contribution in [1.29, 1.82) is 0 Å². The zero-order valence-electron chi connectivity index (χ0n) is 12.0. The minimum Gasteiger partial charge on any atom is -0.348 e. The molecule has 0 bridgehead atoms. The molecule has 1 aromatic carbocycles. The highest BCUT2D eigenvalue weighted by molar-refractivity contribution is 5.92. The third-order valence-electron chi connectivity index (χ3n) is 4.23. The number of carbonyl (C=O) groups excluding carboxylic acids is 1. The number of aromatic nitrogens is 1. The second kappa shape index (κ2) is 6.53. The van der Waals surface area contributed by atoms with Crippen LogP contribution in [0.5, 0.6) is 0 Å². The number of benzene rings is 1. The monoisotopic (exact) mass is 280 g/mol. The standard InChI is InChI=1S/C18H20N2O/c21-18(17-8-4-5-13-19-17)20-16-11-9-15(10-12-16)14-6-2-1-3-7-14/h1-8,13,15-16H,9-12H2,(H,20,21). The summed E-state index contributed by atoms with van der Waals surface area (Å²) in [7, 11) is 0. The average molecular weight is 280 g/mol. The quantitative estimate of drug-likeness (QED) is 0.934. The molecule has 3 heteroatoms. The van der Waals surface area contributed by atoms with Crippen LogP contribution in [0.15, 0.2) is 54.7 Å². The van der Waals surface area contributed by atoms with Gasteiger partial charge < -0.3 is 5.32 Å². The van der Waals surface area contributed by atoms with Gasteiger partial charge in [-0.2, -0.15) is 0 Å². The first-order valence-corrected chi connectivity index (χ1v) is 7.60. The third-order valence-corrected chi connectivity index (χ3v) is 4.23. The van der Waals surface area contributed by atoms with Crippen LogP contribution in [0.2, 0.25) is 0 Å². The van der Waals surface area contributed by atoms with Gasteiger partial charge in [0.25, 0.3) is 5.91 Å². The van der Waals surface area contributed by atoms with Gasteiger partial charge in [-0.15, -0.1) is 0 Å². The van der Waals surface area contributed by atoms with E-state index in [1.54, 1.807) is 12.3 Å². The Kier molecular flexibility index (Phi) is 4.29. The topological polar surface area (TPSA) is 42.0 Å². The molecule has 1 fully saturated rings. The minimum atomic E-state index is -0.0567. The molecule has 0 aliphatic heterocycles. The molecule has 0 saturated heterocycles.